The minimum atomic E-state index is -0.218. The lowest BCUT2D eigenvalue weighted by Crippen LogP contribution is -2.33. The van der Waals surface area contributed by atoms with Gasteiger partial charge in [-0.15, -0.1) is 0 Å². The lowest BCUT2D eigenvalue weighted by Gasteiger charge is -2.38. The molecular formula is C22H17BrN2O. The minimum absolute atomic E-state index is 0.198. The number of hydrogen-bond donors (Lipinski definition) is 0. The Hall–Kier alpha value is -2.59. The van der Waals surface area contributed by atoms with Gasteiger partial charge in [0.25, 0.3) is 0 Å². The Balaban J connectivity index is 1.60. The summed E-state index contributed by atoms with van der Waals surface area (Å²) in [6.07, 6.45) is 0.668. The summed E-state index contributed by atoms with van der Waals surface area (Å²) in [6, 6.07) is 27.2. The van der Waals surface area contributed by atoms with Crippen LogP contribution in [0.25, 0.3) is 0 Å². The first-order chi connectivity index (χ1) is 12.8. The molecule has 2 aliphatic heterocycles. The number of ether oxygens (including phenoxy) is 1. The second-order valence-electron chi connectivity index (χ2n) is 6.57. The van der Waals surface area contributed by atoms with E-state index in [0.29, 0.717) is 0 Å². The quantitative estimate of drug-likeness (QED) is 0.547. The number of benzene rings is 3. The third-order valence-corrected chi connectivity index (χ3v) is 5.49. The number of nitrogens with zero attached hydrogens (tertiary/aromatic N) is 2. The van der Waals surface area contributed by atoms with Gasteiger partial charge in [-0.1, -0.05) is 76.6 Å². The average Bonchev–Trinajstić information content (AvgIpc) is 3.14. The van der Waals surface area contributed by atoms with Gasteiger partial charge in [0.2, 0.25) is 6.23 Å². The summed E-state index contributed by atoms with van der Waals surface area (Å²) in [5, 5.41) is 7.09. The largest absolute Gasteiger partial charge is 0.464 e. The molecule has 128 valence electrons. The van der Waals surface area contributed by atoms with Gasteiger partial charge < -0.3 is 4.74 Å². The van der Waals surface area contributed by atoms with Crippen molar-refractivity contribution in [3.05, 3.63) is 100 Å². The number of para-hydroxylation sites is 1. The van der Waals surface area contributed by atoms with E-state index in [9.17, 15) is 0 Å². The molecule has 0 amide bonds. The van der Waals surface area contributed by atoms with Crippen LogP contribution in [-0.4, -0.2) is 10.7 Å². The molecule has 2 aliphatic rings. The van der Waals surface area contributed by atoms with Crippen LogP contribution in [-0.2, 0) is 0 Å². The highest BCUT2D eigenvalue weighted by Crippen LogP contribution is 2.47. The first-order valence-electron chi connectivity index (χ1n) is 8.72. The SMILES string of the molecule is Brc1ccc(C2Oc3ccccc3C3CC(c4ccccc4)=NN32)cc1. The molecule has 2 heterocycles. The Morgan fingerprint density at radius 2 is 1.62 bits per heavy atom. The number of hydrogen-bond acceptors (Lipinski definition) is 3. The molecule has 5 rings (SSSR count). The highest BCUT2D eigenvalue weighted by molar-refractivity contribution is 9.10. The molecule has 3 aromatic rings. The van der Waals surface area contributed by atoms with Crippen molar-refractivity contribution in [3.63, 3.8) is 0 Å². The maximum atomic E-state index is 6.36. The maximum absolute atomic E-state index is 6.36. The van der Waals surface area contributed by atoms with E-state index in [1.54, 1.807) is 0 Å². The van der Waals surface area contributed by atoms with Gasteiger partial charge in [0.05, 0.1) is 11.8 Å². The van der Waals surface area contributed by atoms with Crippen LogP contribution in [0.2, 0.25) is 0 Å². The summed E-state index contributed by atoms with van der Waals surface area (Å²) >= 11 is 3.51. The molecule has 0 saturated carbocycles. The molecule has 26 heavy (non-hydrogen) atoms. The minimum Gasteiger partial charge on any atom is -0.464 e. The van der Waals surface area contributed by atoms with E-state index in [0.717, 1.165) is 27.9 Å². The third kappa shape index (κ3) is 2.61. The lowest BCUT2D eigenvalue weighted by atomic mass is 9.96. The van der Waals surface area contributed by atoms with E-state index < -0.39 is 0 Å². The van der Waals surface area contributed by atoms with E-state index in [-0.39, 0.29) is 12.3 Å². The zero-order valence-electron chi connectivity index (χ0n) is 14.0. The van der Waals surface area contributed by atoms with Gasteiger partial charge >= 0.3 is 0 Å². The van der Waals surface area contributed by atoms with Crippen molar-refractivity contribution in [3.8, 4) is 5.75 Å². The van der Waals surface area contributed by atoms with Crippen molar-refractivity contribution < 1.29 is 4.74 Å². The maximum Gasteiger partial charge on any atom is 0.213 e. The fourth-order valence-electron chi connectivity index (χ4n) is 3.69. The molecule has 3 aromatic carbocycles. The van der Waals surface area contributed by atoms with E-state index in [2.05, 4.69) is 75.5 Å². The van der Waals surface area contributed by atoms with Gasteiger partial charge in [-0.05, 0) is 23.8 Å². The van der Waals surface area contributed by atoms with Gasteiger partial charge in [0.15, 0.2) is 0 Å². The molecule has 2 atom stereocenters. The van der Waals surface area contributed by atoms with E-state index in [4.69, 9.17) is 9.84 Å². The van der Waals surface area contributed by atoms with Gasteiger partial charge in [0, 0.05) is 22.0 Å². The molecule has 0 aromatic heterocycles. The summed E-state index contributed by atoms with van der Waals surface area (Å²) in [6.45, 7) is 0. The van der Waals surface area contributed by atoms with Crippen molar-refractivity contribution in [2.45, 2.75) is 18.7 Å². The van der Waals surface area contributed by atoms with Gasteiger partial charge in [0.1, 0.15) is 5.75 Å². The van der Waals surface area contributed by atoms with Crippen molar-refractivity contribution in [2.75, 3.05) is 0 Å². The van der Waals surface area contributed by atoms with Gasteiger partial charge in [-0.25, -0.2) is 5.01 Å². The van der Waals surface area contributed by atoms with Crippen molar-refractivity contribution in [2.24, 2.45) is 5.10 Å². The number of rotatable bonds is 2. The van der Waals surface area contributed by atoms with Crippen LogP contribution in [0.1, 0.15) is 35.4 Å². The van der Waals surface area contributed by atoms with Crippen LogP contribution in [0.4, 0.5) is 0 Å². The zero-order valence-corrected chi connectivity index (χ0v) is 15.6. The number of hydrazone groups is 1. The van der Waals surface area contributed by atoms with Crippen LogP contribution in [0.15, 0.2) is 88.4 Å². The summed E-state index contributed by atoms with van der Waals surface area (Å²) in [7, 11) is 0. The van der Waals surface area contributed by atoms with Crippen molar-refractivity contribution >= 4 is 21.6 Å². The molecular weight excluding hydrogens is 388 g/mol. The Morgan fingerprint density at radius 3 is 2.42 bits per heavy atom. The van der Waals surface area contributed by atoms with Crippen LogP contribution >= 0.6 is 15.9 Å². The van der Waals surface area contributed by atoms with Crippen molar-refractivity contribution in [1.29, 1.82) is 0 Å². The van der Waals surface area contributed by atoms with Crippen LogP contribution in [0, 0.1) is 0 Å². The highest BCUT2D eigenvalue weighted by Gasteiger charge is 2.40. The Kier molecular flexibility index (Phi) is 3.79. The van der Waals surface area contributed by atoms with Crippen LogP contribution in [0.5, 0.6) is 5.75 Å². The zero-order chi connectivity index (χ0) is 17.5. The molecule has 0 fully saturated rings. The first-order valence-corrected chi connectivity index (χ1v) is 9.51. The molecule has 4 heteroatoms. The second kappa shape index (κ2) is 6.29. The molecule has 0 radical (unpaired) electrons. The predicted molar refractivity (Wildman–Crippen MR) is 106 cm³/mol. The van der Waals surface area contributed by atoms with Crippen molar-refractivity contribution in [1.82, 2.24) is 5.01 Å². The molecule has 0 spiro atoms. The molecule has 0 bridgehead atoms. The Bertz CT molecular complexity index is 969. The van der Waals surface area contributed by atoms with Gasteiger partial charge in [-0.2, -0.15) is 5.10 Å². The van der Waals surface area contributed by atoms with E-state index >= 15 is 0 Å². The molecule has 0 aliphatic carbocycles. The summed E-state index contributed by atoms with van der Waals surface area (Å²) in [5.41, 5.74) is 4.59. The van der Waals surface area contributed by atoms with Crippen LogP contribution < -0.4 is 4.74 Å². The highest BCUT2D eigenvalue weighted by atomic mass is 79.9. The smallest absolute Gasteiger partial charge is 0.213 e. The number of fused-ring (bicyclic) bond motifs is 3. The first kappa shape index (κ1) is 15.6. The summed E-state index contributed by atoms with van der Waals surface area (Å²) < 4.78 is 7.42. The normalized spacial score (nSPS) is 20.8. The molecule has 0 N–H and O–H groups in total. The molecule has 2 unspecified atom stereocenters. The summed E-state index contributed by atoms with van der Waals surface area (Å²) in [5.74, 6) is 0.950. The fourth-order valence-corrected chi connectivity index (χ4v) is 3.95. The summed E-state index contributed by atoms with van der Waals surface area (Å²) in [4.78, 5) is 0. The number of halogens is 1. The third-order valence-electron chi connectivity index (χ3n) is 4.96. The van der Waals surface area contributed by atoms with E-state index in [1.807, 2.05) is 24.3 Å². The standard InChI is InChI=1S/C22H17BrN2O/c23-17-12-10-16(11-13-17)22-25-20(18-8-4-5-9-21(18)26-22)14-19(24-25)15-6-2-1-3-7-15/h1-13,20,22H,14H2. The lowest BCUT2D eigenvalue weighted by molar-refractivity contribution is -0.0190. The fraction of sp³-hybridized carbons (Fsp3) is 0.136. The topological polar surface area (TPSA) is 24.8 Å². The van der Waals surface area contributed by atoms with Gasteiger partial charge in [-0.3, -0.25) is 0 Å². The molecule has 0 saturated heterocycles. The second-order valence-corrected chi connectivity index (χ2v) is 7.49. The predicted octanol–water partition coefficient (Wildman–Crippen LogP) is 5.69. The monoisotopic (exact) mass is 404 g/mol. The molecule has 3 nitrogen and oxygen atoms in total. The van der Waals surface area contributed by atoms with Crippen LogP contribution in [0.3, 0.4) is 0 Å². The average molecular weight is 405 g/mol. The Morgan fingerprint density at radius 1 is 0.885 bits per heavy atom. The Labute approximate surface area is 161 Å². The van der Waals surface area contributed by atoms with E-state index in [1.165, 1.54) is 11.1 Å².